The number of pyridine rings is 1. The van der Waals surface area contributed by atoms with E-state index < -0.39 is 11.6 Å². The third-order valence-electron chi connectivity index (χ3n) is 3.48. The summed E-state index contributed by atoms with van der Waals surface area (Å²) < 4.78 is 26.2. The first kappa shape index (κ1) is 11.3. The van der Waals surface area contributed by atoms with Gasteiger partial charge in [-0.1, -0.05) is 13.0 Å². The lowest BCUT2D eigenvalue weighted by molar-refractivity contribution is 0.584. The molecule has 1 saturated carbocycles. The maximum absolute atomic E-state index is 13.1. The molecule has 0 amide bonds. The van der Waals surface area contributed by atoms with Crippen LogP contribution in [0.25, 0.3) is 11.3 Å². The zero-order valence-electron chi connectivity index (χ0n) is 10.0. The molecule has 18 heavy (non-hydrogen) atoms. The van der Waals surface area contributed by atoms with E-state index in [1.165, 1.54) is 24.1 Å². The Balaban J connectivity index is 1.92. The summed E-state index contributed by atoms with van der Waals surface area (Å²) in [6, 6.07) is 7.29. The Hall–Kier alpha value is -1.77. The van der Waals surface area contributed by atoms with Crippen molar-refractivity contribution in [1.82, 2.24) is 4.98 Å². The van der Waals surface area contributed by atoms with Gasteiger partial charge in [0.05, 0.1) is 5.69 Å². The molecule has 0 aliphatic heterocycles. The first-order chi connectivity index (χ1) is 8.63. The number of rotatable bonds is 2. The van der Waals surface area contributed by atoms with E-state index in [4.69, 9.17) is 0 Å². The van der Waals surface area contributed by atoms with Gasteiger partial charge in [-0.15, -0.1) is 0 Å². The smallest absolute Gasteiger partial charge is 0.126 e. The van der Waals surface area contributed by atoms with Crippen LogP contribution in [0.1, 0.15) is 24.8 Å². The van der Waals surface area contributed by atoms with Crippen LogP contribution < -0.4 is 0 Å². The molecule has 2 aromatic rings. The zero-order chi connectivity index (χ0) is 12.7. The highest BCUT2D eigenvalue weighted by atomic mass is 19.1. The molecule has 1 aliphatic rings. The molecule has 1 heterocycles. The van der Waals surface area contributed by atoms with Crippen molar-refractivity contribution in [3.05, 3.63) is 53.7 Å². The Bertz CT molecular complexity index is 557. The summed E-state index contributed by atoms with van der Waals surface area (Å²) in [5.74, 6) is 0.179. The standard InChI is InChI=1S/C15H13F2N/c1-9-4-14(9)10-2-3-15(18-8-10)11-5-12(16)7-13(17)6-11/h2-3,5-9,14H,4H2,1H3/t9?,14-/m1/s1. The van der Waals surface area contributed by atoms with Crippen molar-refractivity contribution in [3.8, 4) is 11.3 Å². The third-order valence-corrected chi connectivity index (χ3v) is 3.48. The summed E-state index contributed by atoms with van der Waals surface area (Å²) in [7, 11) is 0. The number of hydrogen-bond acceptors (Lipinski definition) is 1. The molecule has 0 radical (unpaired) electrons. The van der Waals surface area contributed by atoms with Gasteiger partial charge < -0.3 is 0 Å². The molecule has 0 N–H and O–H groups in total. The van der Waals surface area contributed by atoms with Gasteiger partial charge in [0.2, 0.25) is 0 Å². The van der Waals surface area contributed by atoms with Crippen LogP contribution in [0.3, 0.4) is 0 Å². The molecule has 3 rings (SSSR count). The van der Waals surface area contributed by atoms with Crippen LogP contribution in [-0.4, -0.2) is 4.98 Å². The van der Waals surface area contributed by atoms with Crippen molar-refractivity contribution in [2.75, 3.05) is 0 Å². The van der Waals surface area contributed by atoms with E-state index in [2.05, 4.69) is 11.9 Å². The molecule has 1 unspecified atom stereocenters. The van der Waals surface area contributed by atoms with E-state index in [9.17, 15) is 8.78 Å². The van der Waals surface area contributed by atoms with Crippen molar-refractivity contribution in [2.24, 2.45) is 5.92 Å². The largest absolute Gasteiger partial charge is 0.256 e. The Kier molecular flexibility index (Phi) is 2.62. The van der Waals surface area contributed by atoms with Crippen LogP contribution >= 0.6 is 0 Å². The molecule has 0 saturated heterocycles. The average Bonchev–Trinajstić information content (AvgIpc) is 3.05. The van der Waals surface area contributed by atoms with Gasteiger partial charge in [0.15, 0.2) is 0 Å². The van der Waals surface area contributed by atoms with Gasteiger partial charge in [-0.2, -0.15) is 0 Å². The maximum Gasteiger partial charge on any atom is 0.126 e. The number of benzene rings is 1. The lowest BCUT2D eigenvalue weighted by atomic mass is 10.1. The lowest BCUT2D eigenvalue weighted by Crippen LogP contribution is -1.89. The average molecular weight is 245 g/mol. The Morgan fingerprint density at radius 3 is 2.28 bits per heavy atom. The van der Waals surface area contributed by atoms with E-state index in [-0.39, 0.29) is 0 Å². The number of nitrogens with zero attached hydrogens (tertiary/aromatic N) is 1. The molecule has 1 aromatic carbocycles. The summed E-state index contributed by atoms with van der Waals surface area (Å²) in [5, 5.41) is 0. The summed E-state index contributed by atoms with van der Waals surface area (Å²) >= 11 is 0. The number of aromatic nitrogens is 1. The van der Waals surface area contributed by atoms with Crippen LogP contribution in [0.4, 0.5) is 8.78 Å². The zero-order valence-corrected chi connectivity index (χ0v) is 10.0. The molecule has 2 atom stereocenters. The Morgan fingerprint density at radius 1 is 1.11 bits per heavy atom. The normalized spacial score (nSPS) is 21.9. The van der Waals surface area contributed by atoms with E-state index in [0.29, 0.717) is 17.2 Å². The number of hydrogen-bond donors (Lipinski definition) is 0. The molecular formula is C15H13F2N. The fraction of sp³-hybridized carbons (Fsp3) is 0.267. The van der Waals surface area contributed by atoms with Crippen LogP contribution in [0, 0.1) is 17.6 Å². The van der Waals surface area contributed by atoms with Gasteiger partial charge in [-0.3, -0.25) is 4.98 Å². The first-order valence-electron chi connectivity index (χ1n) is 6.06. The van der Waals surface area contributed by atoms with Gasteiger partial charge in [0, 0.05) is 17.8 Å². The summed E-state index contributed by atoms with van der Waals surface area (Å²) in [4.78, 5) is 4.29. The van der Waals surface area contributed by atoms with Crippen molar-refractivity contribution >= 4 is 0 Å². The van der Waals surface area contributed by atoms with Crippen molar-refractivity contribution in [1.29, 1.82) is 0 Å². The van der Waals surface area contributed by atoms with Gasteiger partial charge in [0.25, 0.3) is 0 Å². The van der Waals surface area contributed by atoms with Crippen molar-refractivity contribution in [3.63, 3.8) is 0 Å². The molecular weight excluding hydrogens is 232 g/mol. The minimum absolute atomic E-state index is 0.475. The number of halogens is 2. The summed E-state index contributed by atoms with van der Waals surface area (Å²) in [6.07, 6.45) is 3.02. The highest BCUT2D eigenvalue weighted by Crippen LogP contribution is 2.46. The van der Waals surface area contributed by atoms with E-state index >= 15 is 0 Å². The van der Waals surface area contributed by atoms with E-state index in [1.807, 2.05) is 18.3 Å². The predicted molar refractivity (Wildman–Crippen MR) is 66.1 cm³/mol. The quantitative estimate of drug-likeness (QED) is 0.774. The second-order valence-electron chi connectivity index (χ2n) is 4.95. The fourth-order valence-electron chi connectivity index (χ4n) is 2.28. The minimum atomic E-state index is -0.577. The van der Waals surface area contributed by atoms with E-state index in [0.717, 1.165) is 12.0 Å². The highest BCUT2D eigenvalue weighted by molar-refractivity contribution is 5.59. The van der Waals surface area contributed by atoms with Crippen LogP contribution in [0.2, 0.25) is 0 Å². The second kappa shape index (κ2) is 4.16. The van der Waals surface area contributed by atoms with Crippen molar-refractivity contribution < 1.29 is 8.78 Å². The van der Waals surface area contributed by atoms with Crippen LogP contribution in [0.15, 0.2) is 36.5 Å². The summed E-state index contributed by atoms with van der Waals surface area (Å²) in [5.41, 5.74) is 2.29. The van der Waals surface area contributed by atoms with Gasteiger partial charge in [-0.05, 0) is 42.0 Å². The SMILES string of the molecule is CC1C[C@H]1c1ccc(-c2cc(F)cc(F)c2)nc1. The predicted octanol–water partition coefficient (Wildman–Crippen LogP) is 4.15. The van der Waals surface area contributed by atoms with Gasteiger partial charge >= 0.3 is 0 Å². The molecule has 92 valence electrons. The highest BCUT2D eigenvalue weighted by Gasteiger charge is 2.33. The fourth-order valence-corrected chi connectivity index (χ4v) is 2.28. The second-order valence-corrected chi connectivity index (χ2v) is 4.95. The molecule has 3 heteroatoms. The lowest BCUT2D eigenvalue weighted by Gasteiger charge is -2.03. The van der Waals surface area contributed by atoms with Gasteiger partial charge in [-0.25, -0.2) is 8.78 Å². The molecule has 1 aromatic heterocycles. The first-order valence-corrected chi connectivity index (χ1v) is 6.06. The van der Waals surface area contributed by atoms with Crippen molar-refractivity contribution in [2.45, 2.75) is 19.3 Å². The minimum Gasteiger partial charge on any atom is -0.256 e. The topological polar surface area (TPSA) is 12.9 Å². The van der Waals surface area contributed by atoms with E-state index in [1.54, 1.807) is 0 Å². The van der Waals surface area contributed by atoms with Crippen LogP contribution in [0.5, 0.6) is 0 Å². The third kappa shape index (κ3) is 2.13. The molecule has 1 aliphatic carbocycles. The van der Waals surface area contributed by atoms with Gasteiger partial charge in [0.1, 0.15) is 11.6 Å². The molecule has 0 spiro atoms. The Morgan fingerprint density at radius 2 is 1.78 bits per heavy atom. The van der Waals surface area contributed by atoms with Crippen LogP contribution in [-0.2, 0) is 0 Å². The maximum atomic E-state index is 13.1. The molecule has 0 bridgehead atoms. The summed E-state index contributed by atoms with van der Waals surface area (Å²) in [6.45, 7) is 2.21. The Labute approximate surface area is 104 Å². The monoisotopic (exact) mass is 245 g/mol. The molecule has 1 nitrogen and oxygen atoms in total. The molecule has 1 fully saturated rings.